The van der Waals surface area contributed by atoms with E-state index in [0.29, 0.717) is 0 Å². The number of hydrogen-bond acceptors (Lipinski definition) is 3. The molecule has 0 amide bonds. The van der Waals surface area contributed by atoms with Crippen molar-refractivity contribution in [3.05, 3.63) is 41.0 Å². The fourth-order valence-electron chi connectivity index (χ4n) is 2.68. The monoisotopic (exact) mass is 306 g/mol. The van der Waals surface area contributed by atoms with Gasteiger partial charge in [0.1, 0.15) is 0 Å². The van der Waals surface area contributed by atoms with E-state index in [4.69, 9.17) is 11.6 Å². The molecular weight excluding hydrogens is 288 g/mol. The summed E-state index contributed by atoms with van der Waals surface area (Å²) >= 11 is 8.33. The standard InChI is InChI=1S/C16H19ClN2S/c17-15-7-6-12(16-14(15)5-3-8-19-16)10-18-11-13-4-1-2-9-20-13/h3,5-8,13,18H,1-2,4,9-11H2. The van der Waals surface area contributed by atoms with Crippen LogP contribution in [-0.2, 0) is 6.54 Å². The van der Waals surface area contributed by atoms with Crippen LogP contribution in [0.3, 0.4) is 0 Å². The average molecular weight is 307 g/mol. The van der Waals surface area contributed by atoms with Crippen molar-refractivity contribution in [1.29, 1.82) is 0 Å². The number of halogens is 1. The first-order chi connectivity index (χ1) is 9.84. The van der Waals surface area contributed by atoms with Crippen LogP contribution in [0.1, 0.15) is 24.8 Å². The van der Waals surface area contributed by atoms with E-state index in [1.54, 1.807) is 0 Å². The summed E-state index contributed by atoms with van der Waals surface area (Å²) in [7, 11) is 0. The van der Waals surface area contributed by atoms with E-state index in [2.05, 4.69) is 28.1 Å². The first-order valence-corrected chi connectivity index (χ1v) is 8.62. The molecule has 0 spiro atoms. The number of pyridine rings is 1. The maximum Gasteiger partial charge on any atom is 0.0761 e. The van der Waals surface area contributed by atoms with Gasteiger partial charge in [0.2, 0.25) is 0 Å². The molecule has 1 saturated heterocycles. The Balaban J connectivity index is 1.67. The summed E-state index contributed by atoms with van der Waals surface area (Å²) in [5, 5.41) is 6.17. The maximum atomic E-state index is 6.22. The van der Waals surface area contributed by atoms with Crippen molar-refractivity contribution >= 4 is 34.3 Å². The molecule has 106 valence electrons. The second-order valence-corrected chi connectivity index (χ2v) is 7.04. The number of thioether (sulfide) groups is 1. The normalized spacial score (nSPS) is 19.4. The number of benzene rings is 1. The van der Waals surface area contributed by atoms with Crippen molar-refractivity contribution in [2.45, 2.75) is 31.1 Å². The van der Waals surface area contributed by atoms with Gasteiger partial charge in [-0.25, -0.2) is 0 Å². The van der Waals surface area contributed by atoms with Crippen molar-refractivity contribution < 1.29 is 0 Å². The molecule has 2 aromatic rings. The van der Waals surface area contributed by atoms with Crippen molar-refractivity contribution in [3.8, 4) is 0 Å². The molecule has 4 heteroatoms. The first-order valence-electron chi connectivity index (χ1n) is 7.19. The minimum atomic E-state index is 0.773. The highest BCUT2D eigenvalue weighted by atomic mass is 35.5. The Kier molecular flexibility index (Phi) is 4.81. The van der Waals surface area contributed by atoms with Gasteiger partial charge in [0.25, 0.3) is 0 Å². The molecule has 1 aliphatic rings. The summed E-state index contributed by atoms with van der Waals surface area (Å²) < 4.78 is 0. The Morgan fingerprint density at radius 3 is 3.10 bits per heavy atom. The zero-order valence-electron chi connectivity index (χ0n) is 11.4. The number of rotatable bonds is 4. The van der Waals surface area contributed by atoms with E-state index in [1.165, 1.54) is 30.6 Å². The SMILES string of the molecule is Clc1ccc(CNCC2CCCCS2)c2ncccc12. The van der Waals surface area contributed by atoms with Gasteiger partial charge in [-0.1, -0.05) is 24.1 Å². The van der Waals surface area contributed by atoms with Crippen LogP contribution in [0.5, 0.6) is 0 Å². The zero-order chi connectivity index (χ0) is 13.8. The van der Waals surface area contributed by atoms with Crippen LogP contribution in [0.4, 0.5) is 0 Å². The highest BCUT2D eigenvalue weighted by Gasteiger charge is 2.13. The number of fused-ring (bicyclic) bond motifs is 1. The molecule has 0 saturated carbocycles. The van der Waals surface area contributed by atoms with Crippen LogP contribution in [0.2, 0.25) is 5.02 Å². The maximum absolute atomic E-state index is 6.22. The lowest BCUT2D eigenvalue weighted by atomic mass is 10.1. The highest BCUT2D eigenvalue weighted by molar-refractivity contribution is 7.99. The van der Waals surface area contributed by atoms with Crippen molar-refractivity contribution in [1.82, 2.24) is 10.3 Å². The third kappa shape index (κ3) is 3.27. The van der Waals surface area contributed by atoms with E-state index in [1.807, 2.05) is 24.4 Å². The van der Waals surface area contributed by atoms with Gasteiger partial charge in [-0.2, -0.15) is 11.8 Å². The van der Waals surface area contributed by atoms with Crippen LogP contribution in [0.25, 0.3) is 10.9 Å². The fraction of sp³-hybridized carbons (Fsp3) is 0.438. The Hall–Kier alpha value is -0.770. The van der Waals surface area contributed by atoms with Crippen molar-refractivity contribution in [2.75, 3.05) is 12.3 Å². The molecule has 0 radical (unpaired) electrons. The highest BCUT2D eigenvalue weighted by Crippen LogP contribution is 2.26. The van der Waals surface area contributed by atoms with Crippen LogP contribution in [0.15, 0.2) is 30.5 Å². The third-order valence-electron chi connectivity index (χ3n) is 3.76. The minimum Gasteiger partial charge on any atom is -0.311 e. The van der Waals surface area contributed by atoms with Crippen molar-refractivity contribution in [2.24, 2.45) is 0 Å². The van der Waals surface area contributed by atoms with Gasteiger partial charge < -0.3 is 5.32 Å². The number of aromatic nitrogens is 1. The molecule has 1 unspecified atom stereocenters. The summed E-state index contributed by atoms with van der Waals surface area (Å²) in [5.74, 6) is 1.32. The number of nitrogens with one attached hydrogen (secondary N) is 1. The Labute approximate surface area is 129 Å². The summed E-state index contributed by atoms with van der Waals surface area (Å²) in [6.07, 6.45) is 5.94. The molecule has 1 fully saturated rings. The Bertz CT molecular complexity index is 582. The molecule has 2 nitrogen and oxygen atoms in total. The summed E-state index contributed by atoms with van der Waals surface area (Å²) in [6, 6.07) is 8.02. The Morgan fingerprint density at radius 2 is 2.25 bits per heavy atom. The molecule has 1 atom stereocenters. The molecule has 1 aromatic heterocycles. The van der Waals surface area contributed by atoms with Gasteiger partial charge in [-0.15, -0.1) is 0 Å². The van der Waals surface area contributed by atoms with Crippen LogP contribution in [0, 0.1) is 0 Å². The third-order valence-corrected chi connectivity index (χ3v) is 5.49. The largest absolute Gasteiger partial charge is 0.311 e. The Morgan fingerprint density at radius 1 is 1.30 bits per heavy atom. The second-order valence-electron chi connectivity index (χ2n) is 5.23. The van der Waals surface area contributed by atoms with E-state index >= 15 is 0 Å². The summed E-state index contributed by atoms with van der Waals surface area (Å²) in [5.41, 5.74) is 2.25. The molecule has 3 rings (SSSR count). The van der Waals surface area contributed by atoms with Crippen LogP contribution < -0.4 is 5.32 Å². The molecule has 1 N–H and O–H groups in total. The number of hydrogen-bond donors (Lipinski definition) is 1. The quantitative estimate of drug-likeness (QED) is 0.913. The topological polar surface area (TPSA) is 24.9 Å². The van der Waals surface area contributed by atoms with Gasteiger partial charge >= 0.3 is 0 Å². The molecule has 0 aliphatic carbocycles. The van der Waals surface area contributed by atoms with Crippen LogP contribution >= 0.6 is 23.4 Å². The fourth-order valence-corrected chi connectivity index (χ4v) is 4.16. The van der Waals surface area contributed by atoms with Gasteiger partial charge in [-0.05, 0) is 42.4 Å². The summed E-state index contributed by atoms with van der Waals surface area (Å²) in [4.78, 5) is 4.48. The van der Waals surface area contributed by atoms with Gasteiger partial charge in [-0.3, -0.25) is 4.98 Å². The first kappa shape index (κ1) is 14.2. The predicted octanol–water partition coefficient (Wildman–Crippen LogP) is 4.26. The van der Waals surface area contributed by atoms with Gasteiger partial charge in [0.05, 0.1) is 5.52 Å². The lowest BCUT2D eigenvalue weighted by molar-refractivity contribution is 0.598. The molecule has 20 heavy (non-hydrogen) atoms. The van der Waals surface area contributed by atoms with Gasteiger partial charge in [0, 0.05) is 34.9 Å². The smallest absolute Gasteiger partial charge is 0.0761 e. The van der Waals surface area contributed by atoms with Gasteiger partial charge in [0.15, 0.2) is 0 Å². The predicted molar refractivity (Wildman–Crippen MR) is 88.6 cm³/mol. The average Bonchev–Trinajstić information content (AvgIpc) is 2.51. The van der Waals surface area contributed by atoms with Crippen LogP contribution in [-0.4, -0.2) is 22.5 Å². The number of nitrogens with zero attached hydrogens (tertiary/aromatic N) is 1. The van der Waals surface area contributed by atoms with E-state index in [9.17, 15) is 0 Å². The second kappa shape index (κ2) is 6.79. The van der Waals surface area contributed by atoms with Crippen molar-refractivity contribution in [3.63, 3.8) is 0 Å². The van der Waals surface area contributed by atoms with E-state index < -0.39 is 0 Å². The molecule has 1 aliphatic heterocycles. The van der Waals surface area contributed by atoms with E-state index in [-0.39, 0.29) is 0 Å². The zero-order valence-corrected chi connectivity index (χ0v) is 13.0. The molecule has 1 aromatic carbocycles. The molecule has 2 heterocycles. The summed E-state index contributed by atoms with van der Waals surface area (Å²) in [6.45, 7) is 1.95. The lowest BCUT2D eigenvalue weighted by Gasteiger charge is -2.21. The lowest BCUT2D eigenvalue weighted by Crippen LogP contribution is -2.26. The van der Waals surface area contributed by atoms with E-state index in [0.717, 1.165) is 34.3 Å². The molecule has 0 bridgehead atoms. The molecular formula is C16H19ClN2S. The minimum absolute atomic E-state index is 0.773.